The molecule has 0 radical (unpaired) electrons. The molecule has 1 aliphatic rings. The van der Waals surface area contributed by atoms with E-state index in [1.165, 1.54) is 11.3 Å². The predicted octanol–water partition coefficient (Wildman–Crippen LogP) is 1.98. The van der Waals surface area contributed by atoms with Crippen LogP contribution in [0.2, 0.25) is 0 Å². The molecule has 3 heterocycles. The van der Waals surface area contributed by atoms with Gasteiger partial charge >= 0.3 is 6.03 Å². The highest BCUT2D eigenvalue weighted by molar-refractivity contribution is 7.12. The van der Waals surface area contributed by atoms with Gasteiger partial charge in [0, 0.05) is 6.07 Å². The molecule has 0 fully saturated rings. The quantitative estimate of drug-likeness (QED) is 0.676. The van der Waals surface area contributed by atoms with Gasteiger partial charge < -0.3 is 5.73 Å². The summed E-state index contributed by atoms with van der Waals surface area (Å²) < 4.78 is 13.3. The number of aromatic nitrogens is 1. The molecule has 2 N–H and O–H groups in total. The third kappa shape index (κ3) is 2.08. The summed E-state index contributed by atoms with van der Waals surface area (Å²) >= 11 is 1.20. The number of hydrogen-bond acceptors (Lipinski definition) is 5. The molecule has 0 saturated heterocycles. The fourth-order valence-corrected chi connectivity index (χ4v) is 3.24. The van der Waals surface area contributed by atoms with E-state index in [-0.39, 0.29) is 11.4 Å². The number of carbonyl (C=O) groups is 3. The van der Waals surface area contributed by atoms with Crippen LogP contribution in [0.4, 0.5) is 14.9 Å². The average Bonchev–Trinajstić information content (AvgIpc) is 2.98. The van der Waals surface area contributed by atoms with Gasteiger partial charge in [-0.15, -0.1) is 11.3 Å². The van der Waals surface area contributed by atoms with Gasteiger partial charge in [0.1, 0.15) is 11.7 Å². The fourth-order valence-electron chi connectivity index (χ4n) is 2.37. The Balaban J connectivity index is 2.12. The van der Waals surface area contributed by atoms with E-state index in [1.807, 2.05) is 6.92 Å². The van der Waals surface area contributed by atoms with Gasteiger partial charge in [0.05, 0.1) is 22.5 Å². The number of ketones is 1. The van der Waals surface area contributed by atoms with Gasteiger partial charge in [0.15, 0.2) is 5.78 Å². The molecule has 0 aromatic carbocycles. The van der Waals surface area contributed by atoms with Gasteiger partial charge in [-0.3, -0.25) is 14.6 Å². The zero-order valence-electron chi connectivity index (χ0n) is 11.4. The molecule has 6 nitrogen and oxygen atoms in total. The molecule has 2 aromatic heterocycles. The van der Waals surface area contributed by atoms with E-state index in [2.05, 4.69) is 4.98 Å². The van der Waals surface area contributed by atoms with Crippen LogP contribution in [0.3, 0.4) is 0 Å². The molecule has 0 aliphatic carbocycles. The number of halogens is 1. The first kappa shape index (κ1) is 14.3. The van der Waals surface area contributed by atoms with E-state index in [4.69, 9.17) is 5.73 Å². The molecule has 8 heteroatoms. The lowest BCUT2D eigenvalue weighted by Gasteiger charge is -2.11. The van der Waals surface area contributed by atoms with Crippen molar-refractivity contribution in [2.24, 2.45) is 5.73 Å². The molecule has 0 spiro atoms. The van der Waals surface area contributed by atoms with Crippen molar-refractivity contribution < 1.29 is 18.8 Å². The highest BCUT2D eigenvalue weighted by Gasteiger charge is 2.46. The van der Waals surface area contributed by atoms with Crippen molar-refractivity contribution >= 4 is 34.7 Å². The number of nitrogens with two attached hydrogens (primary N) is 1. The number of pyridine rings is 1. The molecular formula is C14H10FN3O3S. The number of amides is 3. The first-order valence-electron chi connectivity index (χ1n) is 6.28. The third-order valence-electron chi connectivity index (χ3n) is 3.30. The van der Waals surface area contributed by atoms with Crippen LogP contribution in [0.15, 0.2) is 23.7 Å². The van der Waals surface area contributed by atoms with Crippen LogP contribution in [0, 0.1) is 12.7 Å². The summed E-state index contributed by atoms with van der Waals surface area (Å²) in [6.07, 6.45) is 0.899. The molecule has 3 amide bonds. The van der Waals surface area contributed by atoms with Crippen LogP contribution in [-0.2, 0) is 4.79 Å². The maximum absolute atomic E-state index is 13.3. The smallest absolute Gasteiger partial charge is 0.326 e. The number of urea groups is 1. The SMILES string of the molecule is Cc1csc(C(=O)C2C(=O)N(C(N)=O)c3cc(F)cnc32)c1. The summed E-state index contributed by atoms with van der Waals surface area (Å²) in [5.41, 5.74) is 6.02. The number of Topliss-reactive ketones (excluding diaryl/α,β-unsaturated/α-hetero) is 1. The number of primary amides is 1. The number of nitrogens with zero attached hydrogens (tertiary/aromatic N) is 2. The number of rotatable bonds is 2. The third-order valence-corrected chi connectivity index (χ3v) is 4.36. The second kappa shape index (κ2) is 4.99. The van der Waals surface area contributed by atoms with E-state index in [0.717, 1.165) is 17.8 Å². The highest BCUT2D eigenvalue weighted by atomic mass is 32.1. The summed E-state index contributed by atoms with van der Waals surface area (Å²) in [6, 6.07) is 1.55. The van der Waals surface area contributed by atoms with Crippen LogP contribution in [0.1, 0.15) is 26.8 Å². The Labute approximate surface area is 128 Å². The van der Waals surface area contributed by atoms with Gasteiger partial charge in [-0.25, -0.2) is 14.1 Å². The van der Waals surface area contributed by atoms with Crippen molar-refractivity contribution in [1.29, 1.82) is 0 Å². The number of aryl methyl sites for hydroxylation is 1. The largest absolute Gasteiger partial charge is 0.351 e. The number of thiophene rings is 1. The monoisotopic (exact) mass is 319 g/mol. The molecule has 3 rings (SSSR count). The highest BCUT2D eigenvalue weighted by Crippen LogP contribution is 2.38. The molecular weight excluding hydrogens is 309 g/mol. The second-order valence-corrected chi connectivity index (χ2v) is 5.77. The topological polar surface area (TPSA) is 93.4 Å². The van der Waals surface area contributed by atoms with Crippen LogP contribution >= 0.6 is 11.3 Å². The first-order valence-corrected chi connectivity index (χ1v) is 7.16. The number of imide groups is 1. The van der Waals surface area contributed by atoms with Gasteiger partial charge in [-0.2, -0.15) is 0 Å². The molecule has 112 valence electrons. The molecule has 2 aromatic rings. The second-order valence-electron chi connectivity index (χ2n) is 4.86. The summed E-state index contributed by atoms with van der Waals surface area (Å²) in [6.45, 7) is 1.82. The lowest BCUT2D eigenvalue weighted by Crippen LogP contribution is -2.40. The van der Waals surface area contributed by atoms with Crippen LogP contribution in [0.5, 0.6) is 0 Å². The zero-order valence-corrected chi connectivity index (χ0v) is 12.2. The Morgan fingerprint density at radius 2 is 2.14 bits per heavy atom. The van der Waals surface area contributed by atoms with Gasteiger partial charge in [-0.05, 0) is 23.9 Å². The standard InChI is InChI=1S/C14H10FN3O3S/c1-6-2-9(22-5-6)12(19)10-11-8(3-7(15)4-17-11)18(13(10)20)14(16)21/h2-5,10H,1H3,(H2,16,21). The maximum atomic E-state index is 13.3. The Morgan fingerprint density at radius 3 is 2.73 bits per heavy atom. The van der Waals surface area contributed by atoms with Crippen molar-refractivity contribution in [3.63, 3.8) is 0 Å². The first-order chi connectivity index (χ1) is 10.4. The van der Waals surface area contributed by atoms with Gasteiger partial charge in [0.2, 0.25) is 0 Å². The van der Waals surface area contributed by atoms with E-state index in [9.17, 15) is 18.8 Å². The maximum Gasteiger partial charge on any atom is 0.326 e. The molecule has 22 heavy (non-hydrogen) atoms. The van der Waals surface area contributed by atoms with E-state index in [0.29, 0.717) is 9.78 Å². The van der Waals surface area contributed by atoms with E-state index < -0.39 is 29.5 Å². The van der Waals surface area contributed by atoms with Crippen molar-refractivity contribution in [1.82, 2.24) is 4.98 Å². The number of hydrogen-bond donors (Lipinski definition) is 1. The molecule has 1 atom stereocenters. The normalized spacial score (nSPS) is 16.7. The number of anilines is 1. The van der Waals surface area contributed by atoms with Gasteiger partial charge in [-0.1, -0.05) is 0 Å². The van der Waals surface area contributed by atoms with E-state index >= 15 is 0 Å². The van der Waals surface area contributed by atoms with Crippen molar-refractivity contribution in [2.45, 2.75) is 12.8 Å². The summed E-state index contributed by atoms with van der Waals surface area (Å²) in [5, 5.41) is 1.78. The Morgan fingerprint density at radius 1 is 1.41 bits per heavy atom. The predicted molar refractivity (Wildman–Crippen MR) is 77.4 cm³/mol. The van der Waals surface area contributed by atoms with Crippen LogP contribution < -0.4 is 10.6 Å². The van der Waals surface area contributed by atoms with Gasteiger partial charge in [0.25, 0.3) is 5.91 Å². The fraction of sp³-hybridized carbons (Fsp3) is 0.143. The zero-order chi connectivity index (χ0) is 16.0. The summed E-state index contributed by atoms with van der Waals surface area (Å²) in [4.78, 5) is 41.2. The van der Waals surface area contributed by atoms with Crippen molar-refractivity contribution in [3.05, 3.63) is 45.7 Å². The molecule has 0 bridgehead atoms. The molecule has 1 aliphatic heterocycles. The van der Waals surface area contributed by atoms with Crippen LogP contribution in [-0.4, -0.2) is 22.7 Å². The van der Waals surface area contributed by atoms with Crippen molar-refractivity contribution in [3.8, 4) is 0 Å². The minimum absolute atomic E-state index is 0.0428. The molecule has 0 saturated carbocycles. The minimum atomic E-state index is -1.28. The van der Waals surface area contributed by atoms with Crippen LogP contribution in [0.25, 0.3) is 0 Å². The lowest BCUT2D eigenvalue weighted by atomic mass is 9.99. The summed E-state index contributed by atoms with van der Waals surface area (Å²) in [7, 11) is 0. The van der Waals surface area contributed by atoms with Crippen molar-refractivity contribution in [2.75, 3.05) is 4.90 Å². The Kier molecular flexibility index (Phi) is 3.25. The average molecular weight is 319 g/mol. The lowest BCUT2D eigenvalue weighted by molar-refractivity contribution is -0.117. The van der Waals surface area contributed by atoms with E-state index in [1.54, 1.807) is 11.4 Å². The Bertz CT molecular complexity index is 817. The number of carbonyl (C=O) groups excluding carboxylic acids is 3. The molecule has 1 unspecified atom stereocenters. The summed E-state index contributed by atoms with van der Waals surface area (Å²) in [5.74, 6) is -3.29. The number of fused-ring (bicyclic) bond motifs is 1. The minimum Gasteiger partial charge on any atom is -0.351 e. The Hall–Kier alpha value is -2.61.